The fraction of sp³-hybridized carbons (Fsp3) is 0.667. The Kier molecular flexibility index (Phi) is 24.7. The highest BCUT2D eigenvalue weighted by atomic mass is 16.7. The SMILES string of the molecule is CCCCCCCCCCCCCC(=O)O[C@H]1[C@H](C)[C@]2(O)[C@H](C=C(COC(=O)OCc3ccc(NC(=O)[C@H](CCCCC(N)=O)NC(=O)[C@@H](NC(=O)CCCCCN4C(=O)C=CC4=O)C(C)C)cc3)C[C@@]3(O)C(=O)C(C)=C[C@H]23)[C@H]2C(C)(C)[C@@]12OC(C)=O. The van der Waals surface area contributed by atoms with Gasteiger partial charge < -0.3 is 50.8 Å². The quantitative estimate of drug-likeness (QED) is 0.0123. The van der Waals surface area contributed by atoms with E-state index < -0.39 is 112 Å². The number of aliphatic hydroxyl groups is 2. The van der Waals surface area contributed by atoms with E-state index in [1.54, 1.807) is 64.1 Å². The number of Topliss-reactive ketones (excluding diaryl/α,β-unsaturated/α-hetero) is 1. The number of ether oxygens (including phenoxy) is 4. The number of benzene rings is 1. The molecule has 7 N–H and O–H groups in total. The minimum absolute atomic E-state index is 0.0787. The molecule has 0 saturated heterocycles. The second kappa shape index (κ2) is 30.9. The van der Waals surface area contributed by atoms with Gasteiger partial charge >= 0.3 is 18.1 Å². The van der Waals surface area contributed by atoms with Gasteiger partial charge in [0.05, 0.1) is 5.60 Å². The van der Waals surface area contributed by atoms with Crippen LogP contribution in [0.15, 0.2) is 59.7 Å². The average molecular weight is 1210 g/mol. The van der Waals surface area contributed by atoms with Crippen LogP contribution in [0.5, 0.6) is 0 Å². The van der Waals surface area contributed by atoms with Gasteiger partial charge in [0, 0.05) is 86.1 Å². The zero-order valence-corrected chi connectivity index (χ0v) is 52.3. The summed E-state index contributed by atoms with van der Waals surface area (Å²) in [5.41, 5.74) is 0.401. The van der Waals surface area contributed by atoms with Gasteiger partial charge in [-0.1, -0.05) is 143 Å². The van der Waals surface area contributed by atoms with Crippen LogP contribution < -0.4 is 21.7 Å². The molecule has 4 aliphatic carbocycles. The number of hydrogen-bond donors (Lipinski definition) is 6. The van der Waals surface area contributed by atoms with Gasteiger partial charge in [-0.15, -0.1) is 0 Å². The number of nitrogens with one attached hydrogen (secondary N) is 3. The Balaban J connectivity index is 1.06. The Bertz CT molecular complexity index is 2750. The molecule has 0 unspecified atom stereocenters. The maximum absolute atomic E-state index is 14.0. The third-order valence-electron chi connectivity index (χ3n) is 18.5. The summed E-state index contributed by atoms with van der Waals surface area (Å²) >= 11 is 0. The number of unbranched alkanes of at least 4 members (excludes halogenated alkanes) is 13. The molecule has 10 atom stereocenters. The third kappa shape index (κ3) is 16.9. The molecule has 87 heavy (non-hydrogen) atoms. The first-order valence-corrected chi connectivity index (χ1v) is 31.6. The molecule has 21 heteroatoms. The lowest BCUT2D eigenvalue weighted by molar-refractivity contribution is -0.228. The van der Waals surface area contributed by atoms with Gasteiger partial charge in [-0.25, -0.2) is 4.79 Å². The number of amides is 6. The van der Waals surface area contributed by atoms with Gasteiger partial charge in [-0.3, -0.25) is 48.1 Å². The average Bonchev–Trinajstić information content (AvgIpc) is 1.47. The summed E-state index contributed by atoms with van der Waals surface area (Å²) in [5.74, 6) is -8.54. The number of primary amides is 1. The monoisotopic (exact) mass is 1210 g/mol. The second-order valence-corrected chi connectivity index (χ2v) is 25.6. The van der Waals surface area contributed by atoms with Crippen LogP contribution >= 0.6 is 0 Å². The van der Waals surface area contributed by atoms with E-state index in [-0.39, 0.29) is 74.5 Å². The third-order valence-corrected chi connectivity index (χ3v) is 18.5. The van der Waals surface area contributed by atoms with E-state index in [2.05, 4.69) is 22.9 Å². The standard InChI is InChI=1S/C66H95N5O16/c1-9-10-11-12-13-14-15-16-17-18-21-28-55(77)86-59-43(5)65(83)48(57-63(7,8)66(57,59)87-44(6)72)37-46(38-64(82)50(65)36-42(4)58(64)78)40-85-62(81)84-39-45-29-31-47(32-30-45)68-60(79)49(25-22-23-26-51(67)73)69-61(80)56(41(2)3)70-52(74)27-20-19-24-35-71-53(75)33-34-54(71)76/h29-34,36-37,41,43,48-50,56-57,59,82-83H,9-28,35,38-40H2,1-8H3,(H2,67,73)(H,68,79)(H,69,80)(H,70,74)/t43-,48+,49-,50-,56-,57-,59-,64-,65-,66-/m0/s1. The first-order valence-electron chi connectivity index (χ1n) is 31.6. The van der Waals surface area contributed by atoms with Crippen molar-refractivity contribution in [1.29, 1.82) is 0 Å². The molecule has 5 aliphatic rings. The molecular formula is C66H95N5O16. The first-order chi connectivity index (χ1) is 41.2. The molecule has 1 aromatic rings. The van der Waals surface area contributed by atoms with Crippen LogP contribution in [0, 0.1) is 35.0 Å². The summed E-state index contributed by atoms with van der Waals surface area (Å²) in [4.78, 5) is 131. The highest BCUT2D eigenvalue weighted by Crippen LogP contribution is 2.77. The summed E-state index contributed by atoms with van der Waals surface area (Å²) in [6.07, 6.45) is 18.1. The number of ketones is 1. The maximum Gasteiger partial charge on any atom is 0.508 e. The van der Waals surface area contributed by atoms with Crippen LogP contribution in [0.1, 0.15) is 196 Å². The predicted octanol–water partition coefficient (Wildman–Crippen LogP) is 8.21. The molecule has 21 nitrogen and oxygen atoms in total. The van der Waals surface area contributed by atoms with Crippen molar-refractivity contribution >= 4 is 65.0 Å². The first kappa shape index (κ1) is 69.4. The van der Waals surface area contributed by atoms with Crippen molar-refractivity contribution in [3.05, 3.63) is 65.3 Å². The minimum Gasteiger partial charge on any atom is -0.458 e. The van der Waals surface area contributed by atoms with Crippen LogP contribution in [0.2, 0.25) is 0 Å². The van der Waals surface area contributed by atoms with Crippen LogP contribution in [-0.2, 0) is 68.7 Å². The molecular weight excluding hydrogens is 1120 g/mol. The molecule has 0 radical (unpaired) electrons. The van der Waals surface area contributed by atoms with E-state index in [0.717, 1.165) is 30.6 Å². The summed E-state index contributed by atoms with van der Waals surface area (Å²) in [5, 5.41) is 34.2. The Morgan fingerprint density at radius 2 is 1.33 bits per heavy atom. The van der Waals surface area contributed by atoms with Gasteiger partial charge in [0.2, 0.25) is 23.6 Å². The Hall–Kier alpha value is -6.74. The zero-order chi connectivity index (χ0) is 63.9. The Labute approximate surface area is 512 Å². The second-order valence-electron chi connectivity index (χ2n) is 25.6. The molecule has 0 spiro atoms. The number of hydrogen-bond acceptors (Lipinski definition) is 16. The van der Waals surface area contributed by atoms with Gasteiger partial charge in [0.25, 0.3) is 11.8 Å². The maximum atomic E-state index is 14.0. The Morgan fingerprint density at radius 1 is 0.747 bits per heavy atom. The number of anilines is 1. The normalized spacial score (nSPS) is 25.6. The van der Waals surface area contributed by atoms with Crippen molar-refractivity contribution in [3.63, 3.8) is 0 Å². The van der Waals surface area contributed by atoms with E-state index >= 15 is 0 Å². The summed E-state index contributed by atoms with van der Waals surface area (Å²) in [6, 6.07) is 4.27. The van der Waals surface area contributed by atoms with Crippen molar-refractivity contribution in [3.8, 4) is 0 Å². The highest BCUT2D eigenvalue weighted by Gasteiger charge is 2.88. The number of rotatable bonds is 35. The lowest BCUT2D eigenvalue weighted by atomic mass is 9.59. The van der Waals surface area contributed by atoms with Crippen molar-refractivity contribution < 1.29 is 77.1 Å². The van der Waals surface area contributed by atoms with E-state index in [1.807, 2.05) is 13.8 Å². The molecule has 6 rings (SSSR count). The lowest BCUT2D eigenvalue weighted by Crippen LogP contribution is -2.66. The minimum atomic E-state index is -2.17. The number of fused-ring (bicyclic) bond motifs is 5. The molecule has 1 aromatic carbocycles. The van der Waals surface area contributed by atoms with Crippen LogP contribution in [-0.4, -0.2) is 123 Å². The number of carbonyl (C=O) groups is 10. The van der Waals surface area contributed by atoms with Crippen LogP contribution in [0.3, 0.4) is 0 Å². The number of carbonyl (C=O) groups excluding carboxylic acids is 10. The molecule has 6 amide bonds. The molecule has 480 valence electrons. The van der Waals surface area contributed by atoms with Crippen molar-refractivity contribution in [1.82, 2.24) is 15.5 Å². The van der Waals surface area contributed by atoms with E-state index in [9.17, 15) is 58.2 Å². The topological polar surface area (TPSA) is 313 Å². The fourth-order valence-corrected chi connectivity index (χ4v) is 13.8. The Morgan fingerprint density at radius 3 is 1.94 bits per heavy atom. The molecule has 2 saturated carbocycles. The van der Waals surface area contributed by atoms with Crippen molar-refractivity contribution in [2.45, 2.75) is 232 Å². The van der Waals surface area contributed by atoms with Crippen molar-refractivity contribution in [2.24, 2.45) is 40.7 Å². The van der Waals surface area contributed by atoms with Gasteiger partial charge in [0.1, 0.15) is 37.0 Å². The summed E-state index contributed by atoms with van der Waals surface area (Å²) in [7, 11) is 0. The number of imide groups is 1. The molecule has 2 fully saturated rings. The summed E-state index contributed by atoms with van der Waals surface area (Å²) in [6.45, 7) is 13.6. The molecule has 1 heterocycles. The zero-order valence-electron chi connectivity index (χ0n) is 52.3. The van der Waals surface area contributed by atoms with E-state index in [0.29, 0.717) is 55.3 Å². The number of esters is 2. The lowest BCUT2D eigenvalue weighted by Gasteiger charge is -2.53. The molecule has 1 aliphatic heterocycles. The largest absolute Gasteiger partial charge is 0.508 e. The smallest absolute Gasteiger partial charge is 0.458 e. The fourth-order valence-electron chi connectivity index (χ4n) is 13.8. The van der Waals surface area contributed by atoms with Crippen LogP contribution in [0.25, 0.3) is 0 Å². The van der Waals surface area contributed by atoms with Gasteiger partial charge in [-0.05, 0) is 73.8 Å². The van der Waals surface area contributed by atoms with Crippen LogP contribution in [0.4, 0.5) is 10.5 Å². The number of nitrogens with two attached hydrogens (primary N) is 1. The highest BCUT2D eigenvalue weighted by molar-refractivity contribution is 6.12. The van der Waals surface area contributed by atoms with Gasteiger partial charge in [0.15, 0.2) is 11.4 Å². The van der Waals surface area contributed by atoms with E-state index in [1.165, 1.54) is 57.6 Å². The number of nitrogens with zero attached hydrogens (tertiary/aromatic N) is 1. The van der Waals surface area contributed by atoms with Crippen molar-refractivity contribution in [2.75, 3.05) is 18.5 Å². The predicted molar refractivity (Wildman–Crippen MR) is 322 cm³/mol. The summed E-state index contributed by atoms with van der Waals surface area (Å²) < 4.78 is 23.7. The van der Waals surface area contributed by atoms with E-state index in [4.69, 9.17) is 24.7 Å². The molecule has 0 aromatic heterocycles. The molecule has 0 bridgehead atoms. The van der Waals surface area contributed by atoms with Gasteiger partial charge in [-0.2, -0.15) is 0 Å².